The van der Waals surface area contributed by atoms with Crippen molar-refractivity contribution in [3.63, 3.8) is 0 Å². The minimum absolute atomic E-state index is 0.514. The van der Waals surface area contributed by atoms with Gasteiger partial charge in [-0.1, -0.05) is 0 Å². The van der Waals surface area contributed by atoms with Gasteiger partial charge in [-0.2, -0.15) is 0 Å². The standard InChI is InChI=1S/C18H22N6S/c1-4-21-17-22-14(11-23(17)8-1)12-24(13-16-20-7-9-25-16)15-10-18(15)2-5-19-6-3-18/h1,4,7-9,11,15,19H,2-3,5-6,10,12-13H2. The topological polar surface area (TPSA) is 58.4 Å². The molecule has 5 rings (SSSR count). The summed E-state index contributed by atoms with van der Waals surface area (Å²) in [7, 11) is 0. The van der Waals surface area contributed by atoms with Crippen molar-refractivity contribution < 1.29 is 0 Å². The van der Waals surface area contributed by atoms with Crippen molar-refractivity contribution in [2.75, 3.05) is 13.1 Å². The van der Waals surface area contributed by atoms with E-state index in [0.29, 0.717) is 11.5 Å². The summed E-state index contributed by atoms with van der Waals surface area (Å²) in [6, 6.07) is 2.59. The molecule has 1 aliphatic carbocycles. The molecule has 1 saturated heterocycles. The third kappa shape index (κ3) is 2.96. The molecule has 1 saturated carbocycles. The van der Waals surface area contributed by atoms with E-state index in [2.05, 4.69) is 31.8 Å². The van der Waals surface area contributed by atoms with Crippen molar-refractivity contribution in [3.05, 3.63) is 46.9 Å². The van der Waals surface area contributed by atoms with E-state index in [1.165, 1.54) is 24.3 Å². The van der Waals surface area contributed by atoms with Crippen LogP contribution in [0.4, 0.5) is 0 Å². The summed E-state index contributed by atoms with van der Waals surface area (Å²) >= 11 is 1.74. The Labute approximate surface area is 150 Å². The molecule has 3 aromatic rings. The monoisotopic (exact) mass is 354 g/mol. The molecular formula is C18H22N6S. The first-order valence-electron chi connectivity index (χ1n) is 8.94. The lowest BCUT2D eigenvalue weighted by Crippen LogP contribution is -2.35. The summed E-state index contributed by atoms with van der Waals surface area (Å²) in [6.45, 7) is 4.08. The molecule has 1 unspecified atom stereocenters. The Morgan fingerprint density at radius 3 is 2.96 bits per heavy atom. The van der Waals surface area contributed by atoms with Gasteiger partial charge in [0.1, 0.15) is 5.01 Å². The number of thiazole rings is 1. The van der Waals surface area contributed by atoms with Crippen LogP contribution in [0.2, 0.25) is 0 Å². The van der Waals surface area contributed by atoms with E-state index in [0.717, 1.165) is 37.7 Å². The minimum atomic E-state index is 0.514. The first-order valence-corrected chi connectivity index (χ1v) is 9.82. The van der Waals surface area contributed by atoms with Crippen LogP contribution in [0.5, 0.6) is 0 Å². The van der Waals surface area contributed by atoms with E-state index in [9.17, 15) is 0 Å². The second-order valence-corrected chi connectivity index (χ2v) is 8.20. The maximum Gasteiger partial charge on any atom is 0.233 e. The highest BCUT2D eigenvalue weighted by atomic mass is 32.1. The molecule has 1 aliphatic heterocycles. The Hall–Kier alpha value is -1.83. The maximum atomic E-state index is 4.71. The van der Waals surface area contributed by atoms with E-state index in [-0.39, 0.29) is 0 Å². The van der Waals surface area contributed by atoms with Crippen molar-refractivity contribution in [1.82, 2.24) is 29.6 Å². The summed E-state index contributed by atoms with van der Waals surface area (Å²) in [4.78, 5) is 16.1. The SMILES string of the molecule is c1cnc2nc(CN(Cc3nccs3)C3CC34CCNCC4)cn2c1. The average Bonchev–Trinajstić information content (AvgIpc) is 3.02. The van der Waals surface area contributed by atoms with Crippen molar-refractivity contribution >= 4 is 17.1 Å². The van der Waals surface area contributed by atoms with E-state index < -0.39 is 0 Å². The normalized spacial score (nSPS) is 22.0. The van der Waals surface area contributed by atoms with Crippen LogP contribution in [0.15, 0.2) is 36.2 Å². The van der Waals surface area contributed by atoms with Gasteiger partial charge in [0.25, 0.3) is 0 Å². The number of nitrogens with zero attached hydrogens (tertiary/aromatic N) is 5. The van der Waals surface area contributed by atoms with Gasteiger partial charge in [-0.25, -0.2) is 15.0 Å². The Balaban J connectivity index is 1.39. The Bertz CT molecular complexity index is 818. The van der Waals surface area contributed by atoms with Crippen molar-refractivity contribution in [1.29, 1.82) is 0 Å². The number of imidazole rings is 1. The van der Waals surface area contributed by atoms with Crippen LogP contribution in [0.3, 0.4) is 0 Å². The number of rotatable bonds is 5. The highest BCUT2D eigenvalue weighted by Crippen LogP contribution is 2.56. The lowest BCUT2D eigenvalue weighted by atomic mass is 9.93. The van der Waals surface area contributed by atoms with Crippen molar-refractivity contribution in [3.8, 4) is 0 Å². The zero-order valence-corrected chi connectivity index (χ0v) is 15.0. The van der Waals surface area contributed by atoms with Crippen LogP contribution in [0.1, 0.15) is 30.0 Å². The summed E-state index contributed by atoms with van der Waals surface area (Å²) in [6.07, 6.45) is 11.7. The number of hydrogen-bond acceptors (Lipinski definition) is 6. The molecule has 4 heterocycles. The zero-order valence-electron chi connectivity index (χ0n) is 14.1. The van der Waals surface area contributed by atoms with Crippen LogP contribution in [-0.4, -0.2) is 43.4 Å². The van der Waals surface area contributed by atoms with Gasteiger partial charge in [0, 0.05) is 42.8 Å². The number of piperidine rings is 1. The van der Waals surface area contributed by atoms with Crippen LogP contribution >= 0.6 is 11.3 Å². The van der Waals surface area contributed by atoms with Crippen molar-refractivity contribution in [2.45, 2.75) is 38.4 Å². The number of fused-ring (bicyclic) bond motifs is 1. The number of nitrogens with one attached hydrogen (secondary N) is 1. The first-order chi connectivity index (χ1) is 12.3. The van der Waals surface area contributed by atoms with Gasteiger partial charge in [0.05, 0.1) is 12.2 Å². The fraction of sp³-hybridized carbons (Fsp3) is 0.500. The molecule has 1 N–H and O–H groups in total. The summed E-state index contributed by atoms with van der Waals surface area (Å²) in [5.74, 6) is 0.777. The first kappa shape index (κ1) is 15.4. The fourth-order valence-electron chi connectivity index (χ4n) is 4.25. The molecule has 25 heavy (non-hydrogen) atoms. The second-order valence-electron chi connectivity index (χ2n) is 7.22. The van der Waals surface area contributed by atoms with Crippen LogP contribution in [0.25, 0.3) is 5.78 Å². The molecule has 2 fully saturated rings. The van der Waals surface area contributed by atoms with Gasteiger partial charge in [-0.3, -0.25) is 9.30 Å². The summed E-state index contributed by atoms with van der Waals surface area (Å²) < 4.78 is 2.00. The molecular weight excluding hydrogens is 332 g/mol. The lowest BCUT2D eigenvalue weighted by Gasteiger charge is -2.28. The molecule has 6 nitrogen and oxygen atoms in total. The Morgan fingerprint density at radius 1 is 1.24 bits per heavy atom. The zero-order chi connectivity index (χ0) is 16.7. The minimum Gasteiger partial charge on any atom is -0.317 e. The summed E-state index contributed by atoms with van der Waals surface area (Å²) in [5, 5.41) is 6.76. The Morgan fingerprint density at radius 2 is 2.16 bits per heavy atom. The molecule has 0 aromatic carbocycles. The van der Waals surface area contributed by atoms with Gasteiger partial charge >= 0.3 is 0 Å². The third-order valence-corrected chi connectivity index (χ3v) is 6.42. The fourth-order valence-corrected chi connectivity index (χ4v) is 4.89. The molecule has 0 bridgehead atoms. The smallest absolute Gasteiger partial charge is 0.233 e. The molecule has 3 aromatic heterocycles. The molecule has 1 atom stereocenters. The molecule has 1 spiro atoms. The number of hydrogen-bond donors (Lipinski definition) is 1. The third-order valence-electron chi connectivity index (χ3n) is 5.66. The van der Waals surface area contributed by atoms with E-state index in [1.54, 1.807) is 17.5 Å². The van der Waals surface area contributed by atoms with E-state index >= 15 is 0 Å². The van der Waals surface area contributed by atoms with Gasteiger partial charge in [-0.05, 0) is 43.8 Å². The van der Waals surface area contributed by atoms with Crippen molar-refractivity contribution in [2.24, 2.45) is 5.41 Å². The average molecular weight is 354 g/mol. The molecule has 0 radical (unpaired) electrons. The van der Waals surface area contributed by atoms with Gasteiger partial charge in [0.2, 0.25) is 5.78 Å². The van der Waals surface area contributed by atoms with Gasteiger partial charge in [-0.15, -0.1) is 11.3 Å². The predicted octanol–water partition coefficient (Wildman–Crippen LogP) is 2.33. The van der Waals surface area contributed by atoms with Gasteiger partial charge in [0.15, 0.2) is 0 Å². The van der Waals surface area contributed by atoms with E-state index in [1.807, 2.05) is 22.9 Å². The van der Waals surface area contributed by atoms with Crippen LogP contribution in [-0.2, 0) is 13.1 Å². The van der Waals surface area contributed by atoms with Crippen LogP contribution < -0.4 is 5.32 Å². The molecule has 130 valence electrons. The van der Waals surface area contributed by atoms with E-state index in [4.69, 9.17) is 4.98 Å². The molecule has 2 aliphatic rings. The largest absolute Gasteiger partial charge is 0.317 e. The summed E-state index contributed by atoms with van der Waals surface area (Å²) in [5.41, 5.74) is 1.60. The Kier molecular flexibility index (Phi) is 3.80. The highest BCUT2D eigenvalue weighted by Gasteiger charge is 2.56. The second kappa shape index (κ2) is 6.16. The number of aromatic nitrogens is 4. The maximum absolute atomic E-state index is 4.71. The highest BCUT2D eigenvalue weighted by molar-refractivity contribution is 7.09. The quantitative estimate of drug-likeness (QED) is 0.762. The lowest BCUT2D eigenvalue weighted by molar-refractivity contribution is 0.186. The van der Waals surface area contributed by atoms with Crippen LogP contribution in [0, 0.1) is 5.41 Å². The van der Waals surface area contributed by atoms with Gasteiger partial charge < -0.3 is 5.32 Å². The molecule has 7 heteroatoms. The molecule has 0 amide bonds. The predicted molar refractivity (Wildman–Crippen MR) is 97.3 cm³/mol.